The number of hydrogen-bond acceptors (Lipinski definition) is 7. The fraction of sp³-hybridized carbons (Fsp3) is 0.522. The number of benzene rings is 2. The summed E-state index contributed by atoms with van der Waals surface area (Å²) in [7, 11) is -8.61. The van der Waals surface area contributed by atoms with E-state index < -0.39 is 20.5 Å². The van der Waals surface area contributed by atoms with Gasteiger partial charge in [-0.1, -0.05) is 101 Å². The van der Waals surface area contributed by atoms with E-state index in [2.05, 4.69) is 11.1 Å². The van der Waals surface area contributed by atoms with Crippen LogP contribution in [0.5, 0.6) is 0 Å². The average Bonchev–Trinajstić information content (AvgIpc) is 2.77. The van der Waals surface area contributed by atoms with Gasteiger partial charge in [0.1, 0.15) is 11.7 Å². The number of carbonyl (C=O) groups excluding carboxylic acids is 1. The summed E-state index contributed by atoms with van der Waals surface area (Å²) >= 11 is 0. The van der Waals surface area contributed by atoms with Gasteiger partial charge in [-0.25, -0.2) is 8.42 Å². The van der Waals surface area contributed by atoms with E-state index in [1.807, 2.05) is 12.9 Å². The molecule has 2 aromatic rings. The van der Waals surface area contributed by atoms with E-state index in [4.69, 9.17) is 9.35 Å². The summed E-state index contributed by atoms with van der Waals surface area (Å²) in [6, 6.07) is 11.8. The Morgan fingerprint density at radius 1 is 0.794 bits per heavy atom. The van der Waals surface area contributed by atoms with Crippen LogP contribution in [0, 0.1) is 0 Å². The van der Waals surface area contributed by atoms with Crippen LogP contribution in [0.2, 0.25) is 0 Å². The third kappa shape index (κ3) is 17.6. The molecular formula is C23H35NaO8S2. The van der Waals surface area contributed by atoms with Gasteiger partial charge >= 0.3 is 29.6 Å². The molecule has 0 aliphatic carbocycles. The van der Waals surface area contributed by atoms with Gasteiger partial charge in [-0.15, -0.1) is 0 Å². The predicted octanol–water partition coefficient (Wildman–Crippen LogP) is 2.29. The van der Waals surface area contributed by atoms with Crippen LogP contribution in [0.15, 0.2) is 47.4 Å². The molecule has 0 unspecified atom stereocenters. The first-order chi connectivity index (χ1) is 15.6. The van der Waals surface area contributed by atoms with Crippen molar-refractivity contribution in [3.8, 4) is 0 Å². The van der Waals surface area contributed by atoms with Crippen molar-refractivity contribution >= 4 is 38.1 Å². The Hall–Kier alpha value is -0.850. The standard InChI is InChI=1S/C12H26O4S.C10H8O3S.CH2O.Na/c1-2-3-4-5-6-7-8-9-10-11-12-16-17(13,14)15;11-14(12,13)10-7-3-5-8-4-1-2-6-9(8)10;1-2;/h2-12H2,1H3,(H,13,14,15);1-7H,(H,11,12,13);1H2;/q;;;+1/p-1. The second kappa shape index (κ2) is 20.4. The zero-order valence-electron chi connectivity index (χ0n) is 20.1. The summed E-state index contributed by atoms with van der Waals surface area (Å²) in [6.07, 6.45) is 11.7. The zero-order valence-corrected chi connectivity index (χ0v) is 23.8. The third-order valence-corrected chi connectivity index (χ3v) is 6.12. The van der Waals surface area contributed by atoms with Crippen molar-refractivity contribution in [2.75, 3.05) is 6.61 Å². The number of rotatable bonds is 13. The van der Waals surface area contributed by atoms with Gasteiger partial charge in [-0.05, 0) is 17.9 Å². The SMILES string of the molecule is C=O.CCCCCCCCCCCCOS(=O)(=O)[O-].O=S(=O)(O)c1cccc2ccccc12.[Na+]. The molecule has 0 radical (unpaired) electrons. The maximum Gasteiger partial charge on any atom is 1.00 e. The van der Waals surface area contributed by atoms with E-state index >= 15 is 0 Å². The first-order valence-electron chi connectivity index (χ1n) is 11.0. The van der Waals surface area contributed by atoms with Gasteiger partial charge in [-0.3, -0.25) is 8.74 Å². The summed E-state index contributed by atoms with van der Waals surface area (Å²) in [4.78, 5) is 7.95. The Morgan fingerprint density at radius 2 is 1.26 bits per heavy atom. The van der Waals surface area contributed by atoms with Crippen LogP contribution in [-0.4, -0.2) is 39.3 Å². The smallest absolute Gasteiger partial charge is 0.726 e. The molecule has 2 rings (SSSR count). The minimum atomic E-state index is -4.48. The number of carbonyl (C=O) groups is 1. The second-order valence-corrected chi connectivity index (χ2v) is 9.81. The van der Waals surface area contributed by atoms with Gasteiger partial charge in [0.15, 0.2) is 0 Å². The Kier molecular flexibility index (Phi) is 21.1. The normalized spacial score (nSPS) is 10.9. The molecule has 0 heterocycles. The van der Waals surface area contributed by atoms with Crippen molar-refractivity contribution in [2.24, 2.45) is 0 Å². The van der Waals surface area contributed by atoms with Crippen molar-refractivity contribution in [3.63, 3.8) is 0 Å². The quantitative estimate of drug-likeness (QED) is 0.182. The summed E-state index contributed by atoms with van der Waals surface area (Å²) < 4.78 is 65.4. The van der Waals surface area contributed by atoms with E-state index in [0.29, 0.717) is 11.8 Å². The van der Waals surface area contributed by atoms with Crippen LogP contribution >= 0.6 is 0 Å². The average molecular weight is 527 g/mol. The Morgan fingerprint density at radius 3 is 1.76 bits per heavy atom. The molecule has 0 aromatic heterocycles. The fourth-order valence-electron chi connectivity index (χ4n) is 3.17. The summed E-state index contributed by atoms with van der Waals surface area (Å²) in [5, 5.41) is 1.33. The van der Waals surface area contributed by atoms with Crippen LogP contribution in [0.3, 0.4) is 0 Å². The molecule has 0 aliphatic rings. The molecule has 1 N–H and O–H groups in total. The Labute approximate surface area is 226 Å². The van der Waals surface area contributed by atoms with Crippen LogP contribution in [0.4, 0.5) is 0 Å². The molecule has 0 aliphatic heterocycles. The number of fused-ring (bicyclic) bond motifs is 1. The van der Waals surface area contributed by atoms with Crippen molar-refractivity contribution in [3.05, 3.63) is 42.5 Å². The van der Waals surface area contributed by atoms with Gasteiger partial charge in [0.25, 0.3) is 10.1 Å². The van der Waals surface area contributed by atoms with Crippen LogP contribution < -0.4 is 29.6 Å². The van der Waals surface area contributed by atoms with Gasteiger partial charge in [0.05, 0.1) is 6.61 Å². The first-order valence-corrected chi connectivity index (χ1v) is 13.8. The third-order valence-electron chi connectivity index (χ3n) is 4.75. The molecule has 0 fully saturated rings. The molecular weight excluding hydrogens is 491 g/mol. The van der Waals surface area contributed by atoms with E-state index in [9.17, 15) is 21.4 Å². The number of unbranched alkanes of at least 4 members (excludes halogenated alkanes) is 9. The molecule has 8 nitrogen and oxygen atoms in total. The van der Waals surface area contributed by atoms with Crippen LogP contribution in [-0.2, 0) is 29.5 Å². The van der Waals surface area contributed by atoms with Crippen molar-refractivity contribution in [2.45, 2.75) is 76.0 Å². The molecule has 188 valence electrons. The predicted molar refractivity (Wildman–Crippen MR) is 128 cm³/mol. The molecule has 2 aromatic carbocycles. The van der Waals surface area contributed by atoms with Gasteiger partial charge in [0.2, 0.25) is 10.4 Å². The van der Waals surface area contributed by atoms with Crippen LogP contribution in [0.1, 0.15) is 71.1 Å². The Balaban J connectivity index is 0. The molecule has 0 saturated heterocycles. The monoisotopic (exact) mass is 526 g/mol. The summed E-state index contributed by atoms with van der Waals surface area (Å²) in [6.45, 7) is 4.24. The van der Waals surface area contributed by atoms with Crippen molar-refractivity contribution < 1.29 is 64.5 Å². The molecule has 34 heavy (non-hydrogen) atoms. The van der Waals surface area contributed by atoms with Crippen LogP contribution in [0.25, 0.3) is 10.8 Å². The summed E-state index contributed by atoms with van der Waals surface area (Å²) in [5.74, 6) is 0. The minimum Gasteiger partial charge on any atom is -0.726 e. The molecule has 11 heteroatoms. The largest absolute Gasteiger partial charge is 1.00 e. The first kappa shape index (κ1) is 35.3. The van der Waals surface area contributed by atoms with Crippen molar-refractivity contribution in [1.82, 2.24) is 0 Å². The van der Waals surface area contributed by atoms with E-state index in [-0.39, 0.29) is 41.1 Å². The fourth-order valence-corrected chi connectivity index (χ4v) is 4.21. The molecule has 0 atom stereocenters. The van der Waals surface area contributed by atoms with Gasteiger partial charge < -0.3 is 9.35 Å². The topological polar surface area (TPSA) is 138 Å². The van der Waals surface area contributed by atoms with Gasteiger partial charge in [-0.2, -0.15) is 8.42 Å². The zero-order chi connectivity index (χ0) is 25.2. The van der Waals surface area contributed by atoms with Gasteiger partial charge in [0, 0.05) is 5.39 Å². The maximum absolute atomic E-state index is 11.0. The second-order valence-electron chi connectivity index (χ2n) is 7.36. The molecule has 0 spiro atoms. The van der Waals surface area contributed by atoms with E-state index in [0.717, 1.165) is 18.2 Å². The Bertz CT molecular complexity index is 990. The number of hydrogen-bond donors (Lipinski definition) is 1. The molecule has 0 amide bonds. The summed E-state index contributed by atoms with van der Waals surface area (Å²) in [5.41, 5.74) is 0. The van der Waals surface area contributed by atoms with E-state index in [1.54, 1.807) is 30.3 Å². The van der Waals surface area contributed by atoms with E-state index in [1.165, 1.54) is 51.0 Å². The molecule has 0 bridgehead atoms. The minimum absolute atomic E-state index is 0. The van der Waals surface area contributed by atoms with Crippen molar-refractivity contribution in [1.29, 1.82) is 0 Å². The molecule has 0 saturated carbocycles. The maximum atomic E-state index is 11.0.